The minimum atomic E-state index is 0.807. The van der Waals surface area contributed by atoms with Gasteiger partial charge in [0.15, 0.2) is 0 Å². The van der Waals surface area contributed by atoms with Crippen LogP contribution in [0.15, 0.2) is 12.7 Å². The summed E-state index contributed by atoms with van der Waals surface area (Å²) in [4.78, 5) is 0. The van der Waals surface area contributed by atoms with E-state index in [-0.39, 0.29) is 0 Å². The van der Waals surface area contributed by atoms with E-state index >= 15 is 0 Å². The lowest BCUT2D eigenvalue weighted by Crippen LogP contribution is -2.20. The first-order valence-electron chi connectivity index (χ1n) is 4.22. The van der Waals surface area contributed by atoms with Gasteiger partial charge >= 0.3 is 0 Å². The minimum Gasteiger partial charge on any atom is -0.383 e. The predicted molar refractivity (Wildman–Crippen MR) is 48.8 cm³/mol. The number of hydrogen-bond acceptors (Lipinski definition) is 2. The highest BCUT2D eigenvalue weighted by Gasteiger charge is 1.86. The van der Waals surface area contributed by atoms with Gasteiger partial charge in [0, 0.05) is 13.7 Å². The average Bonchev–Trinajstić information content (AvgIpc) is 2.03. The molecule has 66 valence electrons. The Kier molecular flexibility index (Phi) is 9.36. The van der Waals surface area contributed by atoms with Crippen LogP contribution in [0.5, 0.6) is 0 Å². The lowest BCUT2D eigenvalue weighted by Gasteiger charge is -2.01. The van der Waals surface area contributed by atoms with Crippen molar-refractivity contribution < 1.29 is 4.74 Å². The van der Waals surface area contributed by atoms with Crippen LogP contribution in [0, 0.1) is 0 Å². The third kappa shape index (κ3) is 9.66. The fraction of sp³-hybridized carbons (Fsp3) is 0.778. The molecule has 0 rings (SSSR count). The van der Waals surface area contributed by atoms with E-state index in [9.17, 15) is 0 Å². The van der Waals surface area contributed by atoms with Crippen LogP contribution in [-0.4, -0.2) is 26.8 Å². The molecule has 0 heterocycles. The van der Waals surface area contributed by atoms with Gasteiger partial charge in [-0.15, -0.1) is 6.58 Å². The largest absolute Gasteiger partial charge is 0.383 e. The molecular weight excluding hydrogens is 138 g/mol. The standard InChI is InChI=1S/C9H19NO/c1-3-4-5-6-7-10-8-9-11-2/h3,10H,1,4-9H2,2H3. The zero-order valence-corrected chi connectivity index (χ0v) is 7.44. The molecule has 0 fully saturated rings. The van der Waals surface area contributed by atoms with Crippen molar-refractivity contribution in [3.05, 3.63) is 12.7 Å². The molecule has 0 aliphatic rings. The molecular formula is C9H19NO. The highest BCUT2D eigenvalue weighted by Crippen LogP contribution is 1.92. The van der Waals surface area contributed by atoms with E-state index in [4.69, 9.17) is 4.74 Å². The van der Waals surface area contributed by atoms with E-state index in [0.717, 1.165) is 26.1 Å². The Hall–Kier alpha value is -0.340. The Morgan fingerprint density at radius 1 is 1.36 bits per heavy atom. The number of unbranched alkanes of at least 4 members (excludes halogenated alkanes) is 2. The molecule has 0 saturated carbocycles. The van der Waals surface area contributed by atoms with Crippen molar-refractivity contribution in [1.29, 1.82) is 0 Å². The first-order chi connectivity index (χ1) is 5.41. The Bertz CT molecular complexity index is 83.6. The maximum Gasteiger partial charge on any atom is 0.0587 e. The van der Waals surface area contributed by atoms with Gasteiger partial charge in [-0.2, -0.15) is 0 Å². The summed E-state index contributed by atoms with van der Waals surface area (Å²) in [6, 6.07) is 0. The van der Waals surface area contributed by atoms with Crippen LogP contribution in [0.3, 0.4) is 0 Å². The van der Waals surface area contributed by atoms with Crippen molar-refractivity contribution in [2.75, 3.05) is 26.8 Å². The van der Waals surface area contributed by atoms with Gasteiger partial charge in [0.05, 0.1) is 6.61 Å². The van der Waals surface area contributed by atoms with Crippen LogP contribution in [-0.2, 0) is 4.74 Å². The van der Waals surface area contributed by atoms with E-state index in [1.165, 1.54) is 12.8 Å². The van der Waals surface area contributed by atoms with E-state index in [1.54, 1.807) is 7.11 Å². The summed E-state index contributed by atoms with van der Waals surface area (Å²) in [7, 11) is 1.72. The summed E-state index contributed by atoms with van der Waals surface area (Å²) in [5.74, 6) is 0. The monoisotopic (exact) mass is 157 g/mol. The zero-order valence-electron chi connectivity index (χ0n) is 7.44. The van der Waals surface area contributed by atoms with Crippen molar-refractivity contribution in [2.45, 2.75) is 19.3 Å². The summed E-state index contributed by atoms with van der Waals surface area (Å²) in [5, 5.41) is 3.29. The SMILES string of the molecule is C=CCCCCNCCOC. The molecule has 0 saturated heterocycles. The molecule has 0 aliphatic carbocycles. The molecule has 0 radical (unpaired) electrons. The molecule has 0 aromatic carbocycles. The predicted octanol–water partition coefficient (Wildman–Crippen LogP) is 1.58. The number of rotatable bonds is 8. The van der Waals surface area contributed by atoms with Gasteiger partial charge in [-0.1, -0.05) is 6.08 Å². The van der Waals surface area contributed by atoms with Crippen LogP contribution in [0.1, 0.15) is 19.3 Å². The Morgan fingerprint density at radius 2 is 2.18 bits per heavy atom. The Balaban J connectivity index is 2.74. The number of ether oxygens (including phenoxy) is 1. The quantitative estimate of drug-likeness (QED) is 0.426. The molecule has 1 N–H and O–H groups in total. The first-order valence-corrected chi connectivity index (χ1v) is 4.22. The summed E-state index contributed by atoms with van der Waals surface area (Å²) in [5.41, 5.74) is 0. The van der Waals surface area contributed by atoms with E-state index < -0.39 is 0 Å². The fourth-order valence-electron chi connectivity index (χ4n) is 0.838. The molecule has 2 heteroatoms. The molecule has 2 nitrogen and oxygen atoms in total. The molecule has 0 amide bonds. The number of nitrogens with one attached hydrogen (secondary N) is 1. The highest BCUT2D eigenvalue weighted by atomic mass is 16.5. The summed E-state index contributed by atoms with van der Waals surface area (Å²) >= 11 is 0. The molecule has 11 heavy (non-hydrogen) atoms. The van der Waals surface area contributed by atoms with E-state index in [1.807, 2.05) is 6.08 Å². The van der Waals surface area contributed by atoms with Crippen molar-refractivity contribution >= 4 is 0 Å². The van der Waals surface area contributed by atoms with Crippen molar-refractivity contribution in [1.82, 2.24) is 5.32 Å². The van der Waals surface area contributed by atoms with Crippen molar-refractivity contribution in [3.63, 3.8) is 0 Å². The van der Waals surface area contributed by atoms with Gasteiger partial charge < -0.3 is 10.1 Å². The normalized spacial score (nSPS) is 9.91. The summed E-state index contributed by atoms with van der Waals surface area (Å²) in [6.07, 6.45) is 5.57. The second-order valence-corrected chi connectivity index (χ2v) is 2.53. The number of hydrogen-bond donors (Lipinski definition) is 1. The molecule has 0 aromatic heterocycles. The second-order valence-electron chi connectivity index (χ2n) is 2.53. The summed E-state index contributed by atoms with van der Waals surface area (Å²) < 4.78 is 4.89. The first kappa shape index (κ1) is 10.7. The van der Waals surface area contributed by atoms with Crippen LogP contribution in [0.2, 0.25) is 0 Å². The molecule has 0 atom stereocenters. The molecule has 0 aromatic rings. The van der Waals surface area contributed by atoms with Gasteiger partial charge in [-0.25, -0.2) is 0 Å². The molecule has 0 bridgehead atoms. The molecule has 0 unspecified atom stereocenters. The maximum absolute atomic E-state index is 4.89. The Morgan fingerprint density at radius 3 is 2.82 bits per heavy atom. The smallest absolute Gasteiger partial charge is 0.0587 e. The van der Waals surface area contributed by atoms with Crippen LogP contribution in [0.4, 0.5) is 0 Å². The van der Waals surface area contributed by atoms with Gasteiger partial charge in [-0.3, -0.25) is 0 Å². The van der Waals surface area contributed by atoms with Crippen molar-refractivity contribution in [3.8, 4) is 0 Å². The fourth-order valence-corrected chi connectivity index (χ4v) is 0.838. The minimum absolute atomic E-state index is 0.807. The number of methoxy groups -OCH3 is 1. The van der Waals surface area contributed by atoms with Gasteiger partial charge in [-0.05, 0) is 25.8 Å². The average molecular weight is 157 g/mol. The maximum atomic E-state index is 4.89. The van der Waals surface area contributed by atoms with Crippen LogP contribution >= 0.6 is 0 Å². The van der Waals surface area contributed by atoms with E-state index in [2.05, 4.69) is 11.9 Å². The lowest BCUT2D eigenvalue weighted by molar-refractivity contribution is 0.199. The van der Waals surface area contributed by atoms with Gasteiger partial charge in [0.1, 0.15) is 0 Å². The molecule has 0 spiro atoms. The van der Waals surface area contributed by atoms with Crippen molar-refractivity contribution in [2.24, 2.45) is 0 Å². The Labute approximate surface area is 69.6 Å². The lowest BCUT2D eigenvalue weighted by atomic mass is 10.2. The highest BCUT2D eigenvalue weighted by molar-refractivity contribution is 4.65. The second kappa shape index (κ2) is 9.66. The van der Waals surface area contributed by atoms with Gasteiger partial charge in [0.2, 0.25) is 0 Å². The van der Waals surface area contributed by atoms with Crippen LogP contribution in [0.25, 0.3) is 0 Å². The number of allylic oxidation sites excluding steroid dienone is 1. The van der Waals surface area contributed by atoms with Gasteiger partial charge in [0.25, 0.3) is 0 Å². The van der Waals surface area contributed by atoms with E-state index in [0.29, 0.717) is 0 Å². The third-order valence-corrected chi connectivity index (χ3v) is 1.49. The third-order valence-electron chi connectivity index (χ3n) is 1.49. The topological polar surface area (TPSA) is 21.3 Å². The zero-order chi connectivity index (χ0) is 8.36. The molecule has 0 aliphatic heterocycles. The summed E-state index contributed by atoms with van der Waals surface area (Å²) in [6.45, 7) is 6.53. The van der Waals surface area contributed by atoms with Crippen LogP contribution < -0.4 is 5.32 Å².